The second-order valence-corrected chi connectivity index (χ2v) is 9.97. The number of hydrogen-bond acceptors (Lipinski definition) is 2. The van der Waals surface area contributed by atoms with Crippen LogP contribution in [0.15, 0.2) is 18.2 Å². The maximum atomic E-state index is 12.3. The lowest BCUT2D eigenvalue weighted by Gasteiger charge is -2.25. The van der Waals surface area contributed by atoms with Crippen LogP contribution in [0.3, 0.4) is 0 Å². The molecule has 0 aliphatic carbocycles. The number of benzene rings is 1. The molecule has 0 radical (unpaired) electrons. The first-order chi connectivity index (χ1) is 8.80. The number of ether oxygens (including phenoxy) is 2. The van der Waals surface area contributed by atoms with Crippen molar-refractivity contribution >= 4 is 13.3 Å². The number of alkyl halides is 6. The summed E-state index contributed by atoms with van der Waals surface area (Å²) in [6, 6.07) is 2.97. The van der Waals surface area contributed by atoms with E-state index in [1.807, 2.05) is 0 Å². The van der Waals surface area contributed by atoms with Crippen molar-refractivity contribution in [2.45, 2.75) is 32.4 Å². The average molecular weight is 318 g/mol. The minimum Gasteiger partial charge on any atom is -0.406 e. The Morgan fingerprint density at radius 3 is 1.40 bits per heavy atom. The van der Waals surface area contributed by atoms with Gasteiger partial charge in [0, 0.05) is 5.19 Å². The first-order valence-electron chi connectivity index (χ1n) is 5.44. The molecule has 1 rings (SSSR count). The zero-order valence-electron chi connectivity index (χ0n) is 10.8. The topological polar surface area (TPSA) is 18.5 Å². The van der Waals surface area contributed by atoms with E-state index in [1.165, 1.54) is 0 Å². The highest BCUT2D eigenvalue weighted by Crippen LogP contribution is 2.30. The zero-order valence-corrected chi connectivity index (χ0v) is 11.8. The van der Waals surface area contributed by atoms with Gasteiger partial charge in [0.25, 0.3) is 0 Å². The summed E-state index contributed by atoms with van der Waals surface area (Å²) >= 11 is 0. The van der Waals surface area contributed by atoms with Gasteiger partial charge in [-0.3, -0.25) is 0 Å². The third-order valence-corrected chi connectivity index (χ3v) is 4.18. The third-order valence-electron chi connectivity index (χ3n) is 2.19. The fraction of sp³-hybridized carbons (Fsp3) is 0.455. The summed E-state index contributed by atoms with van der Waals surface area (Å²) in [6.45, 7) is 4.78. The summed E-state index contributed by atoms with van der Waals surface area (Å²) in [7, 11) is -2.57. The largest absolute Gasteiger partial charge is 0.573 e. The molecule has 2 nitrogen and oxygen atoms in total. The van der Waals surface area contributed by atoms with Crippen LogP contribution in [-0.2, 0) is 0 Å². The molecule has 0 spiro atoms. The molecule has 0 amide bonds. The van der Waals surface area contributed by atoms with Gasteiger partial charge < -0.3 is 9.47 Å². The minimum atomic E-state index is -4.98. The maximum absolute atomic E-state index is 12.3. The molecule has 0 aliphatic heterocycles. The summed E-state index contributed by atoms with van der Waals surface area (Å²) in [5, 5.41) is -0.172. The molecule has 114 valence electrons. The summed E-state index contributed by atoms with van der Waals surface area (Å²) < 4.78 is 81.5. The predicted octanol–water partition coefficient (Wildman–Crippen LogP) is 4.03. The van der Waals surface area contributed by atoms with E-state index in [9.17, 15) is 26.3 Å². The Balaban J connectivity index is 3.36. The molecule has 0 atom stereocenters. The lowest BCUT2D eigenvalue weighted by Crippen LogP contribution is -2.42. The highest BCUT2D eigenvalue weighted by atomic mass is 28.3. The zero-order chi connectivity index (χ0) is 15.8. The van der Waals surface area contributed by atoms with Gasteiger partial charge in [-0.2, -0.15) is 0 Å². The average Bonchev–Trinajstić information content (AvgIpc) is 2.09. The van der Waals surface area contributed by atoms with E-state index in [1.54, 1.807) is 19.6 Å². The molecule has 0 bridgehead atoms. The third kappa shape index (κ3) is 4.95. The summed E-state index contributed by atoms with van der Waals surface area (Å²) in [5.74, 6) is -1.31. The maximum Gasteiger partial charge on any atom is 0.573 e. The molecule has 9 heteroatoms. The van der Waals surface area contributed by atoms with Crippen molar-refractivity contribution in [3.05, 3.63) is 18.2 Å². The van der Waals surface area contributed by atoms with Crippen molar-refractivity contribution in [3.8, 4) is 11.5 Å². The van der Waals surface area contributed by atoms with Gasteiger partial charge in [-0.15, -0.1) is 26.3 Å². The SMILES string of the molecule is C[Si](C)(C)c1c(OC(F)(F)F)cccc1OC(F)(F)F. The predicted molar refractivity (Wildman–Crippen MR) is 62.8 cm³/mol. The van der Waals surface area contributed by atoms with E-state index in [4.69, 9.17) is 0 Å². The van der Waals surface area contributed by atoms with Crippen LogP contribution in [0, 0.1) is 0 Å². The second-order valence-electron chi connectivity index (χ2n) is 4.97. The van der Waals surface area contributed by atoms with Crippen LogP contribution in [0.5, 0.6) is 11.5 Å². The Morgan fingerprint density at radius 2 is 1.15 bits per heavy atom. The smallest absolute Gasteiger partial charge is 0.406 e. The van der Waals surface area contributed by atoms with Gasteiger partial charge in [-0.25, -0.2) is 0 Å². The molecule has 0 unspecified atom stereocenters. The van der Waals surface area contributed by atoms with Crippen molar-refractivity contribution in [1.29, 1.82) is 0 Å². The fourth-order valence-electron chi connectivity index (χ4n) is 1.67. The quantitative estimate of drug-likeness (QED) is 0.619. The first-order valence-corrected chi connectivity index (χ1v) is 8.94. The first kappa shape index (κ1) is 16.7. The fourth-order valence-corrected chi connectivity index (χ4v) is 3.42. The van der Waals surface area contributed by atoms with Gasteiger partial charge in [0.2, 0.25) is 0 Å². The lowest BCUT2D eigenvalue weighted by atomic mass is 10.3. The van der Waals surface area contributed by atoms with Crippen LogP contribution in [-0.4, -0.2) is 20.8 Å². The van der Waals surface area contributed by atoms with E-state index in [0.29, 0.717) is 0 Å². The monoisotopic (exact) mass is 318 g/mol. The molecular formula is C11H12F6O2Si. The molecule has 1 aromatic rings. The standard InChI is InChI=1S/C11H12F6O2Si/c1-20(2,3)9-7(18-10(12,13)14)5-4-6-8(9)19-11(15,16)17/h4-6H,1-3H3. The van der Waals surface area contributed by atoms with E-state index in [2.05, 4.69) is 9.47 Å². The molecule has 0 fully saturated rings. The molecule has 20 heavy (non-hydrogen) atoms. The lowest BCUT2D eigenvalue weighted by molar-refractivity contribution is -0.275. The van der Waals surface area contributed by atoms with Crippen molar-refractivity contribution in [2.75, 3.05) is 0 Å². The van der Waals surface area contributed by atoms with Crippen molar-refractivity contribution < 1.29 is 35.8 Å². The number of rotatable bonds is 3. The Bertz CT molecular complexity index is 441. The molecule has 1 aromatic carbocycles. The number of hydrogen-bond donors (Lipinski definition) is 0. The van der Waals surface area contributed by atoms with Crippen molar-refractivity contribution in [3.63, 3.8) is 0 Å². The van der Waals surface area contributed by atoms with E-state index < -0.39 is 32.3 Å². The Hall–Kier alpha value is -1.38. The highest BCUT2D eigenvalue weighted by molar-refractivity contribution is 6.90. The molecule has 0 aromatic heterocycles. The summed E-state index contributed by atoms with van der Waals surface area (Å²) in [5.41, 5.74) is 0. The normalized spacial score (nSPS) is 13.2. The van der Waals surface area contributed by atoms with Gasteiger partial charge in [0.1, 0.15) is 11.5 Å². The molecule has 0 saturated carbocycles. The Labute approximate surface area is 112 Å². The van der Waals surface area contributed by atoms with E-state index >= 15 is 0 Å². The second kappa shape index (κ2) is 5.19. The Kier molecular flexibility index (Phi) is 4.33. The Morgan fingerprint density at radius 1 is 0.800 bits per heavy atom. The van der Waals surface area contributed by atoms with Crippen LogP contribution < -0.4 is 14.7 Å². The van der Waals surface area contributed by atoms with Gasteiger partial charge in [-0.05, 0) is 12.1 Å². The molecule has 0 N–H and O–H groups in total. The molecular weight excluding hydrogens is 306 g/mol. The van der Waals surface area contributed by atoms with Crippen LogP contribution >= 0.6 is 0 Å². The van der Waals surface area contributed by atoms with Gasteiger partial charge in [0.05, 0.1) is 8.07 Å². The van der Waals surface area contributed by atoms with Gasteiger partial charge in [-0.1, -0.05) is 25.7 Å². The molecule has 0 saturated heterocycles. The van der Waals surface area contributed by atoms with Crippen LogP contribution in [0.2, 0.25) is 19.6 Å². The van der Waals surface area contributed by atoms with Gasteiger partial charge >= 0.3 is 12.7 Å². The van der Waals surface area contributed by atoms with Crippen LogP contribution in [0.1, 0.15) is 0 Å². The van der Waals surface area contributed by atoms with E-state index in [-0.39, 0.29) is 5.19 Å². The molecule has 0 heterocycles. The summed E-state index contributed by atoms with van der Waals surface area (Å²) in [6.07, 6.45) is -9.96. The minimum absolute atomic E-state index is 0.172. The highest BCUT2D eigenvalue weighted by Gasteiger charge is 2.38. The van der Waals surface area contributed by atoms with Crippen molar-refractivity contribution in [2.24, 2.45) is 0 Å². The van der Waals surface area contributed by atoms with Gasteiger partial charge in [0.15, 0.2) is 0 Å². The number of halogens is 6. The van der Waals surface area contributed by atoms with E-state index in [0.717, 1.165) is 18.2 Å². The summed E-state index contributed by atoms with van der Waals surface area (Å²) in [4.78, 5) is 0. The molecule has 0 aliphatic rings. The van der Waals surface area contributed by atoms with Crippen molar-refractivity contribution in [1.82, 2.24) is 0 Å². The van der Waals surface area contributed by atoms with Crippen LogP contribution in [0.4, 0.5) is 26.3 Å². The van der Waals surface area contributed by atoms with Crippen LogP contribution in [0.25, 0.3) is 0 Å².